The molecule has 0 spiro atoms. The molecule has 2 unspecified atom stereocenters. The van der Waals surface area contributed by atoms with Crippen LogP contribution in [0.4, 0.5) is 14.6 Å². The van der Waals surface area contributed by atoms with Crippen LogP contribution in [0.1, 0.15) is 56.1 Å². The number of nitrogens with zero attached hydrogens (tertiary/aromatic N) is 5. The summed E-state index contributed by atoms with van der Waals surface area (Å²) in [6.45, 7) is 5.00. The number of fused-ring (bicyclic) bond motifs is 4. The summed E-state index contributed by atoms with van der Waals surface area (Å²) < 4.78 is 38.4. The molecule has 10 heteroatoms. The third kappa shape index (κ3) is 5.40. The summed E-state index contributed by atoms with van der Waals surface area (Å²) in [6.07, 6.45) is 13.7. The Kier molecular flexibility index (Phi) is 7.39. The number of aromatic nitrogens is 2. The molecule has 4 aliphatic rings. The summed E-state index contributed by atoms with van der Waals surface area (Å²) in [5.74, 6) is 1.31. The first-order valence-electron chi connectivity index (χ1n) is 16.6. The van der Waals surface area contributed by atoms with Gasteiger partial charge in [-0.05, 0) is 86.8 Å². The van der Waals surface area contributed by atoms with Crippen molar-refractivity contribution in [1.29, 1.82) is 5.26 Å². The maximum Gasteiger partial charge on any atom is 0.319 e. The number of benzene rings is 3. The average molecular weight is 635 g/mol. The molecule has 2 bridgehead atoms. The molecular formula is C37H36F2N6O2. The van der Waals surface area contributed by atoms with Gasteiger partial charge in [-0.15, -0.1) is 6.42 Å². The lowest BCUT2D eigenvalue weighted by Gasteiger charge is -2.34. The number of phenols is 1. The highest BCUT2D eigenvalue weighted by Crippen LogP contribution is 2.47. The van der Waals surface area contributed by atoms with E-state index in [0.717, 1.165) is 45.3 Å². The van der Waals surface area contributed by atoms with Gasteiger partial charge in [0.25, 0.3) is 0 Å². The van der Waals surface area contributed by atoms with Crippen LogP contribution in [0.3, 0.4) is 0 Å². The standard InChI is InChI=1S/C37H36F2N6O2/c1-2-27-30(38)9-6-22-14-26(46)16-28(31(22)27)32-23(17-40)15-29-34(33(32)39)42-36(43-35(29)45-18-24-7-8-25(19-45)41-24)47-21-37(10-11-37)20-44-12-4-3-5-13-44/h1,6,9,14-16,24-25,41,46H,3-5,7-8,10-13,18-21H2. The molecule has 0 amide bonds. The Morgan fingerprint density at radius 3 is 2.53 bits per heavy atom. The van der Waals surface area contributed by atoms with Crippen LogP contribution < -0.4 is 15.0 Å². The fourth-order valence-corrected chi connectivity index (χ4v) is 7.92. The Morgan fingerprint density at radius 2 is 1.83 bits per heavy atom. The molecule has 4 aromatic rings. The zero-order valence-electron chi connectivity index (χ0n) is 26.2. The summed E-state index contributed by atoms with van der Waals surface area (Å²) in [5, 5.41) is 25.7. The highest BCUT2D eigenvalue weighted by molar-refractivity contribution is 6.05. The summed E-state index contributed by atoms with van der Waals surface area (Å²) >= 11 is 0. The molecule has 2 N–H and O–H groups in total. The van der Waals surface area contributed by atoms with Crippen molar-refractivity contribution in [3.63, 3.8) is 0 Å². The predicted molar refractivity (Wildman–Crippen MR) is 176 cm³/mol. The SMILES string of the molecule is C#Cc1c(F)ccc2cc(O)cc(-c3c(C#N)cc4c(N5CC6CCC(C5)N6)nc(OCC5(CN6CCCCC6)CC5)nc4c3F)c12. The molecule has 4 fully saturated rings. The second-order valence-corrected chi connectivity index (χ2v) is 13.8. The van der Waals surface area contributed by atoms with Crippen LogP contribution in [0.2, 0.25) is 0 Å². The molecule has 0 radical (unpaired) electrons. The number of phenolic OH excluding ortho intramolecular Hbond substituents is 1. The van der Waals surface area contributed by atoms with E-state index in [-0.39, 0.29) is 62.4 Å². The van der Waals surface area contributed by atoms with E-state index >= 15 is 4.39 Å². The van der Waals surface area contributed by atoms with Gasteiger partial charge in [-0.25, -0.2) is 8.78 Å². The van der Waals surface area contributed by atoms with E-state index in [4.69, 9.17) is 16.1 Å². The number of piperazine rings is 1. The van der Waals surface area contributed by atoms with Crippen molar-refractivity contribution >= 4 is 27.5 Å². The lowest BCUT2D eigenvalue weighted by Crippen LogP contribution is -2.51. The van der Waals surface area contributed by atoms with Crippen molar-refractivity contribution in [2.75, 3.05) is 44.2 Å². The fourth-order valence-electron chi connectivity index (χ4n) is 7.92. The Hall–Kier alpha value is -4.51. The Bertz CT molecular complexity index is 1980. The van der Waals surface area contributed by atoms with Gasteiger partial charge in [-0.1, -0.05) is 18.4 Å². The van der Waals surface area contributed by atoms with E-state index in [1.807, 2.05) is 0 Å². The van der Waals surface area contributed by atoms with Crippen LogP contribution in [0, 0.1) is 40.7 Å². The summed E-state index contributed by atoms with van der Waals surface area (Å²) in [4.78, 5) is 14.2. The minimum atomic E-state index is -0.778. The van der Waals surface area contributed by atoms with Gasteiger partial charge in [0, 0.05) is 53.5 Å². The molecule has 1 aliphatic carbocycles. The maximum absolute atomic E-state index is 17.1. The first-order chi connectivity index (χ1) is 22.8. The predicted octanol–water partition coefficient (Wildman–Crippen LogP) is 5.87. The fraction of sp³-hybridized carbons (Fsp3) is 0.432. The first-order valence-corrected chi connectivity index (χ1v) is 16.6. The highest BCUT2D eigenvalue weighted by Gasteiger charge is 2.45. The average Bonchev–Trinajstić information content (AvgIpc) is 3.76. The number of nitriles is 1. The third-order valence-corrected chi connectivity index (χ3v) is 10.5. The van der Waals surface area contributed by atoms with E-state index in [1.54, 1.807) is 6.07 Å². The third-order valence-electron chi connectivity index (χ3n) is 10.5. The molecule has 3 aromatic carbocycles. The minimum absolute atomic E-state index is 0.000843. The normalized spacial score (nSPS) is 21.9. The van der Waals surface area contributed by atoms with Crippen molar-refractivity contribution in [3.8, 4) is 41.3 Å². The van der Waals surface area contributed by atoms with E-state index in [2.05, 4.69) is 32.1 Å². The topological polar surface area (TPSA) is 97.5 Å². The summed E-state index contributed by atoms with van der Waals surface area (Å²) in [5.41, 5.74) is -0.0280. The Balaban J connectivity index is 1.27. The number of halogens is 2. The zero-order chi connectivity index (χ0) is 32.3. The van der Waals surface area contributed by atoms with E-state index < -0.39 is 11.6 Å². The molecule has 2 atom stereocenters. The molecule has 3 saturated heterocycles. The zero-order valence-corrected chi connectivity index (χ0v) is 26.2. The van der Waals surface area contributed by atoms with Crippen LogP contribution in [-0.2, 0) is 0 Å². The number of nitrogens with one attached hydrogen (secondary N) is 1. The number of terminal acetylenes is 1. The Morgan fingerprint density at radius 1 is 1.06 bits per heavy atom. The number of anilines is 1. The number of piperidine rings is 1. The Labute approximate surface area is 272 Å². The molecule has 47 heavy (non-hydrogen) atoms. The smallest absolute Gasteiger partial charge is 0.319 e. The van der Waals surface area contributed by atoms with E-state index in [1.165, 1.54) is 43.5 Å². The van der Waals surface area contributed by atoms with Gasteiger partial charge in [0.2, 0.25) is 0 Å². The van der Waals surface area contributed by atoms with Crippen LogP contribution in [0.25, 0.3) is 32.8 Å². The van der Waals surface area contributed by atoms with Crippen molar-refractivity contribution < 1.29 is 18.6 Å². The van der Waals surface area contributed by atoms with Gasteiger partial charge in [0.15, 0.2) is 5.82 Å². The van der Waals surface area contributed by atoms with Gasteiger partial charge < -0.3 is 25.0 Å². The molecule has 1 aromatic heterocycles. The highest BCUT2D eigenvalue weighted by atomic mass is 19.1. The minimum Gasteiger partial charge on any atom is -0.508 e. The second-order valence-electron chi connectivity index (χ2n) is 13.8. The van der Waals surface area contributed by atoms with Gasteiger partial charge in [-0.3, -0.25) is 0 Å². The van der Waals surface area contributed by atoms with Gasteiger partial charge in [0.1, 0.15) is 22.9 Å². The quantitative estimate of drug-likeness (QED) is 0.244. The number of rotatable bonds is 7. The summed E-state index contributed by atoms with van der Waals surface area (Å²) in [7, 11) is 0. The first kappa shape index (κ1) is 29.9. The number of hydrogen-bond acceptors (Lipinski definition) is 8. The molecule has 1 saturated carbocycles. The van der Waals surface area contributed by atoms with E-state index in [9.17, 15) is 14.8 Å². The van der Waals surface area contributed by atoms with Crippen LogP contribution in [0.5, 0.6) is 11.8 Å². The second kappa shape index (κ2) is 11.6. The van der Waals surface area contributed by atoms with Crippen LogP contribution in [0.15, 0.2) is 30.3 Å². The van der Waals surface area contributed by atoms with Crippen LogP contribution >= 0.6 is 0 Å². The number of hydrogen-bond donors (Lipinski definition) is 2. The lowest BCUT2D eigenvalue weighted by molar-refractivity contribution is 0.139. The molecule has 3 aliphatic heterocycles. The monoisotopic (exact) mass is 634 g/mol. The number of aromatic hydroxyl groups is 1. The summed E-state index contributed by atoms with van der Waals surface area (Å²) in [6, 6.07) is 9.85. The van der Waals surface area contributed by atoms with Crippen molar-refractivity contribution in [2.45, 2.75) is 57.0 Å². The van der Waals surface area contributed by atoms with Crippen molar-refractivity contribution in [1.82, 2.24) is 20.2 Å². The molecule has 240 valence electrons. The number of ether oxygens (including phenoxy) is 1. The largest absolute Gasteiger partial charge is 0.508 e. The maximum atomic E-state index is 17.1. The van der Waals surface area contributed by atoms with Crippen molar-refractivity contribution in [3.05, 3.63) is 53.1 Å². The molecule has 4 heterocycles. The molecule has 8 nitrogen and oxygen atoms in total. The van der Waals surface area contributed by atoms with Crippen molar-refractivity contribution in [2.24, 2.45) is 5.41 Å². The van der Waals surface area contributed by atoms with Gasteiger partial charge in [0.05, 0.1) is 23.8 Å². The molecule has 8 rings (SSSR count). The van der Waals surface area contributed by atoms with Gasteiger partial charge >= 0.3 is 6.01 Å². The van der Waals surface area contributed by atoms with E-state index in [0.29, 0.717) is 36.3 Å². The van der Waals surface area contributed by atoms with Gasteiger partial charge in [-0.2, -0.15) is 15.2 Å². The number of likely N-dealkylation sites (tertiary alicyclic amines) is 1. The molecular weight excluding hydrogens is 598 g/mol. The lowest BCUT2D eigenvalue weighted by atomic mass is 9.90. The van der Waals surface area contributed by atoms with Crippen LogP contribution in [-0.4, -0.2) is 71.4 Å².